The number of hydrogen-bond donors (Lipinski definition) is 1. The van der Waals surface area contributed by atoms with E-state index >= 15 is 0 Å². The number of halogens is 4. The van der Waals surface area contributed by atoms with Crippen LogP contribution in [0, 0.1) is 0 Å². The molecule has 0 bridgehead atoms. The molecule has 0 aromatic heterocycles. The fourth-order valence-corrected chi connectivity index (χ4v) is 3.17. The Bertz CT molecular complexity index is 1160. The molecule has 1 saturated heterocycles. The molecule has 0 atom stereocenters. The van der Waals surface area contributed by atoms with Crippen LogP contribution in [0.15, 0.2) is 52.5 Å². The Morgan fingerprint density at radius 3 is 2.53 bits per heavy atom. The quantitative estimate of drug-likeness (QED) is 0.284. The molecule has 1 heterocycles. The van der Waals surface area contributed by atoms with E-state index in [1.807, 2.05) is 5.32 Å². The van der Waals surface area contributed by atoms with Gasteiger partial charge in [-0.25, -0.2) is 9.69 Å². The van der Waals surface area contributed by atoms with Crippen LogP contribution in [0.3, 0.4) is 0 Å². The van der Waals surface area contributed by atoms with Crippen molar-refractivity contribution >= 4 is 51.5 Å². The second kappa shape index (κ2) is 8.95. The van der Waals surface area contributed by atoms with Crippen LogP contribution in [0.4, 0.5) is 23.7 Å². The molecule has 1 N–H and O–H groups in total. The van der Waals surface area contributed by atoms with Crippen LogP contribution in [0.5, 0.6) is 5.75 Å². The number of benzene rings is 2. The number of nitrogens with one attached hydrogen (secondary N) is 1. The van der Waals surface area contributed by atoms with E-state index in [0.29, 0.717) is 15.4 Å². The smallest absolute Gasteiger partial charge is 0.416 e. The van der Waals surface area contributed by atoms with Crippen molar-refractivity contribution in [1.82, 2.24) is 5.32 Å². The summed E-state index contributed by atoms with van der Waals surface area (Å²) in [6.07, 6.45) is -3.54. The van der Waals surface area contributed by atoms with Gasteiger partial charge in [0.2, 0.25) is 0 Å². The van der Waals surface area contributed by atoms with Crippen molar-refractivity contribution in [3.8, 4) is 5.75 Å². The summed E-state index contributed by atoms with van der Waals surface area (Å²) >= 11 is 3.23. The molecular weight excluding hydrogens is 497 g/mol. The highest BCUT2D eigenvalue weighted by Crippen LogP contribution is 2.33. The minimum Gasteiger partial charge on any atom is -0.426 e. The van der Waals surface area contributed by atoms with Crippen LogP contribution in [0.2, 0.25) is 0 Å². The van der Waals surface area contributed by atoms with Gasteiger partial charge in [-0.15, -0.1) is 0 Å². The van der Waals surface area contributed by atoms with Gasteiger partial charge >= 0.3 is 18.2 Å². The highest BCUT2D eigenvalue weighted by molar-refractivity contribution is 9.10. The molecule has 3 rings (SSSR count). The third kappa shape index (κ3) is 4.88. The normalized spacial score (nSPS) is 15.7. The van der Waals surface area contributed by atoms with Gasteiger partial charge in [0.15, 0.2) is 0 Å². The first-order chi connectivity index (χ1) is 15.0. The molecule has 11 heteroatoms. The van der Waals surface area contributed by atoms with Crippen LogP contribution >= 0.6 is 15.9 Å². The summed E-state index contributed by atoms with van der Waals surface area (Å²) in [5, 5.41) is 1.93. The number of urea groups is 1. The number of ether oxygens (including phenoxy) is 1. The lowest BCUT2D eigenvalue weighted by molar-refractivity contribution is -0.137. The van der Waals surface area contributed by atoms with Crippen molar-refractivity contribution < 1.29 is 37.1 Å². The van der Waals surface area contributed by atoms with Crippen LogP contribution in [0.1, 0.15) is 24.5 Å². The molecular formula is C21H14BrF3N2O5. The lowest BCUT2D eigenvalue weighted by Crippen LogP contribution is -2.54. The van der Waals surface area contributed by atoms with Gasteiger partial charge in [-0.2, -0.15) is 13.2 Å². The molecule has 1 fully saturated rings. The molecule has 4 amide bonds. The summed E-state index contributed by atoms with van der Waals surface area (Å²) in [6.45, 7) is 1.58. The standard InChI is InChI=1S/C21H14BrF3N2O5/c1-2-17(28)32-16-7-6-13(22)8-11(16)9-15-18(29)26-20(31)27(19(15)30)14-5-3-4-12(10-14)21(23,24)25/h3-10H,2H2,1H3,(H,26,29,31)/b15-9-. The van der Waals surface area contributed by atoms with Crippen LogP contribution in [-0.2, 0) is 20.6 Å². The molecule has 2 aromatic carbocycles. The highest BCUT2D eigenvalue weighted by Gasteiger charge is 2.38. The molecule has 32 heavy (non-hydrogen) atoms. The van der Waals surface area contributed by atoms with E-state index in [4.69, 9.17) is 4.74 Å². The summed E-state index contributed by atoms with van der Waals surface area (Å²) in [5.74, 6) is -2.69. The summed E-state index contributed by atoms with van der Waals surface area (Å²) in [6, 6.07) is 6.86. The van der Waals surface area contributed by atoms with E-state index in [1.54, 1.807) is 13.0 Å². The molecule has 7 nitrogen and oxygen atoms in total. The van der Waals surface area contributed by atoms with Crippen molar-refractivity contribution in [2.75, 3.05) is 4.90 Å². The van der Waals surface area contributed by atoms with E-state index in [-0.39, 0.29) is 23.4 Å². The minimum absolute atomic E-state index is 0.0515. The number of carbonyl (C=O) groups excluding carboxylic acids is 4. The molecule has 0 aliphatic carbocycles. The minimum atomic E-state index is -4.70. The number of hydrogen-bond acceptors (Lipinski definition) is 5. The average Bonchev–Trinajstić information content (AvgIpc) is 2.72. The van der Waals surface area contributed by atoms with Gasteiger partial charge in [-0.1, -0.05) is 28.9 Å². The molecule has 1 aliphatic heterocycles. The van der Waals surface area contributed by atoms with Crippen molar-refractivity contribution in [2.24, 2.45) is 0 Å². The Balaban J connectivity index is 2.06. The van der Waals surface area contributed by atoms with Crippen molar-refractivity contribution in [3.63, 3.8) is 0 Å². The number of anilines is 1. The van der Waals surface area contributed by atoms with Gasteiger partial charge in [0.1, 0.15) is 11.3 Å². The zero-order valence-electron chi connectivity index (χ0n) is 16.3. The van der Waals surface area contributed by atoms with Gasteiger partial charge in [0.25, 0.3) is 11.8 Å². The number of barbiturate groups is 1. The number of rotatable bonds is 4. The largest absolute Gasteiger partial charge is 0.426 e. The Morgan fingerprint density at radius 1 is 1.16 bits per heavy atom. The van der Waals surface area contributed by atoms with E-state index < -0.39 is 41.1 Å². The fraction of sp³-hybridized carbons (Fsp3) is 0.143. The molecule has 0 saturated carbocycles. The summed E-state index contributed by atoms with van der Waals surface area (Å²) < 4.78 is 44.9. The summed E-state index contributed by atoms with van der Waals surface area (Å²) in [7, 11) is 0. The van der Waals surface area contributed by atoms with Gasteiger partial charge in [-0.05, 0) is 42.5 Å². The molecule has 0 spiro atoms. The monoisotopic (exact) mass is 510 g/mol. The maximum absolute atomic E-state index is 13.1. The first-order valence-corrected chi connectivity index (χ1v) is 9.89. The Labute approximate surface area is 188 Å². The van der Waals surface area contributed by atoms with E-state index in [9.17, 15) is 32.3 Å². The topological polar surface area (TPSA) is 92.8 Å². The Kier molecular flexibility index (Phi) is 6.49. The molecule has 1 aliphatic rings. The summed E-state index contributed by atoms with van der Waals surface area (Å²) in [4.78, 5) is 49.7. The van der Waals surface area contributed by atoms with Crippen LogP contribution < -0.4 is 15.0 Å². The summed E-state index contributed by atoms with van der Waals surface area (Å²) in [5.41, 5.74) is -1.81. The van der Waals surface area contributed by atoms with Crippen LogP contribution in [0.25, 0.3) is 6.08 Å². The Hall–Kier alpha value is -3.47. The lowest BCUT2D eigenvalue weighted by Gasteiger charge is -2.27. The van der Waals surface area contributed by atoms with Crippen molar-refractivity contribution in [3.05, 3.63) is 63.6 Å². The molecule has 2 aromatic rings. The number of alkyl halides is 3. The number of carbonyl (C=O) groups is 4. The maximum Gasteiger partial charge on any atom is 0.416 e. The first kappa shape index (κ1) is 23.2. The third-order valence-electron chi connectivity index (χ3n) is 4.32. The fourth-order valence-electron chi connectivity index (χ4n) is 2.79. The van der Waals surface area contributed by atoms with Gasteiger partial charge in [0, 0.05) is 16.5 Å². The molecule has 166 valence electrons. The van der Waals surface area contributed by atoms with E-state index in [1.165, 1.54) is 12.1 Å². The molecule has 0 unspecified atom stereocenters. The van der Waals surface area contributed by atoms with Gasteiger partial charge in [-0.3, -0.25) is 19.7 Å². The predicted molar refractivity (Wildman–Crippen MR) is 111 cm³/mol. The molecule has 0 radical (unpaired) electrons. The predicted octanol–water partition coefficient (Wildman–Crippen LogP) is 4.45. The SMILES string of the molecule is CCC(=O)Oc1ccc(Br)cc1/C=C1/C(=O)NC(=O)N(c2cccc(C(F)(F)F)c2)C1=O. The highest BCUT2D eigenvalue weighted by atomic mass is 79.9. The third-order valence-corrected chi connectivity index (χ3v) is 4.81. The zero-order valence-corrected chi connectivity index (χ0v) is 17.9. The van der Waals surface area contributed by atoms with Crippen molar-refractivity contribution in [2.45, 2.75) is 19.5 Å². The number of esters is 1. The van der Waals surface area contributed by atoms with Crippen LogP contribution in [-0.4, -0.2) is 23.8 Å². The van der Waals surface area contributed by atoms with E-state index in [2.05, 4.69) is 15.9 Å². The second-order valence-electron chi connectivity index (χ2n) is 6.52. The zero-order chi connectivity index (χ0) is 23.6. The Morgan fingerprint density at radius 2 is 1.88 bits per heavy atom. The van der Waals surface area contributed by atoms with E-state index in [0.717, 1.165) is 24.3 Å². The number of imide groups is 2. The van der Waals surface area contributed by atoms with Gasteiger partial charge < -0.3 is 4.74 Å². The lowest BCUT2D eigenvalue weighted by atomic mass is 10.1. The number of nitrogens with zero attached hydrogens (tertiary/aromatic N) is 1. The average molecular weight is 511 g/mol. The first-order valence-electron chi connectivity index (χ1n) is 9.10. The maximum atomic E-state index is 13.1. The van der Waals surface area contributed by atoms with Crippen molar-refractivity contribution in [1.29, 1.82) is 0 Å². The number of amides is 4. The second-order valence-corrected chi connectivity index (χ2v) is 7.43. The van der Waals surface area contributed by atoms with Gasteiger partial charge in [0.05, 0.1) is 11.3 Å².